The van der Waals surface area contributed by atoms with E-state index in [9.17, 15) is 9.59 Å². The maximum absolute atomic E-state index is 12.2. The molecule has 0 radical (unpaired) electrons. The predicted octanol–water partition coefficient (Wildman–Crippen LogP) is 3.30. The molecule has 7 nitrogen and oxygen atoms in total. The second kappa shape index (κ2) is 7.69. The molecule has 0 aliphatic carbocycles. The molecule has 0 saturated carbocycles. The summed E-state index contributed by atoms with van der Waals surface area (Å²) in [5.74, 6) is 0.845. The van der Waals surface area contributed by atoms with E-state index in [0.29, 0.717) is 16.6 Å². The van der Waals surface area contributed by atoms with Crippen molar-refractivity contribution in [3.63, 3.8) is 0 Å². The zero-order valence-corrected chi connectivity index (χ0v) is 15.7. The van der Waals surface area contributed by atoms with Crippen LogP contribution in [0.4, 0.5) is 5.13 Å². The Hall–Kier alpha value is -3.39. The summed E-state index contributed by atoms with van der Waals surface area (Å²) < 4.78 is 15.8. The van der Waals surface area contributed by atoms with Gasteiger partial charge in [0.15, 0.2) is 23.2 Å². The van der Waals surface area contributed by atoms with Gasteiger partial charge in [-0.2, -0.15) is 0 Å². The quantitative estimate of drug-likeness (QED) is 0.508. The lowest BCUT2D eigenvalue weighted by Crippen LogP contribution is -2.20. The van der Waals surface area contributed by atoms with Crippen LogP contribution in [0.2, 0.25) is 0 Å². The van der Waals surface area contributed by atoms with Crippen molar-refractivity contribution in [2.45, 2.75) is 6.42 Å². The highest BCUT2D eigenvalue weighted by molar-refractivity contribution is 7.14. The van der Waals surface area contributed by atoms with Crippen molar-refractivity contribution in [3.8, 4) is 28.5 Å². The van der Waals surface area contributed by atoms with Crippen LogP contribution in [0.25, 0.3) is 11.3 Å². The van der Waals surface area contributed by atoms with Crippen LogP contribution in [0, 0.1) is 0 Å². The third-order valence-corrected chi connectivity index (χ3v) is 4.86. The number of esters is 1. The monoisotopic (exact) mass is 396 g/mol. The smallest absolute Gasteiger partial charge is 0.315 e. The zero-order valence-electron chi connectivity index (χ0n) is 14.9. The van der Waals surface area contributed by atoms with E-state index < -0.39 is 0 Å². The van der Waals surface area contributed by atoms with Crippen LogP contribution in [0.15, 0.2) is 47.8 Å². The van der Waals surface area contributed by atoms with Gasteiger partial charge < -0.3 is 14.2 Å². The number of rotatable bonds is 6. The normalized spacial score (nSPS) is 12.2. The number of hydrogen-bond acceptors (Lipinski definition) is 7. The molecule has 0 fully saturated rings. The average molecular weight is 396 g/mol. The number of thiazole rings is 1. The summed E-state index contributed by atoms with van der Waals surface area (Å²) in [4.78, 5) is 28.0. The minimum atomic E-state index is -0.349. The van der Waals surface area contributed by atoms with Crippen LogP contribution in [-0.4, -0.2) is 30.6 Å². The van der Waals surface area contributed by atoms with Crippen LogP contribution in [0.1, 0.15) is 5.56 Å². The Morgan fingerprint density at radius 1 is 1.25 bits per heavy atom. The second-order valence-electron chi connectivity index (χ2n) is 6.00. The molecular weight excluding hydrogens is 380 g/mol. The van der Waals surface area contributed by atoms with Gasteiger partial charge >= 0.3 is 5.97 Å². The SMILES string of the molecule is COc1ccc(-c2csc(NC(=O)COc3cccc4c3OC(=O)C4)n2)cc1. The van der Waals surface area contributed by atoms with Gasteiger partial charge in [0.25, 0.3) is 5.91 Å². The molecule has 2 heterocycles. The topological polar surface area (TPSA) is 86.8 Å². The first kappa shape index (κ1) is 18.0. The minimum absolute atomic E-state index is 0.214. The van der Waals surface area contributed by atoms with Gasteiger partial charge in [0.2, 0.25) is 0 Å². The fraction of sp³-hybridized carbons (Fsp3) is 0.150. The van der Waals surface area contributed by atoms with E-state index in [0.717, 1.165) is 22.6 Å². The summed E-state index contributed by atoms with van der Waals surface area (Å²) in [5.41, 5.74) is 2.44. The number of benzene rings is 2. The predicted molar refractivity (Wildman–Crippen MR) is 104 cm³/mol. The van der Waals surface area contributed by atoms with Gasteiger partial charge in [-0.1, -0.05) is 12.1 Å². The third-order valence-electron chi connectivity index (χ3n) is 4.11. The molecule has 0 atom stereocenters. The Morgan fingerprint density at radius 2 is 2.07 bits per heavy atom. The Morgan fingerprint density at radius 3 is 2.86 bits per heavy atom. The summed E-state index contributed by atoms with van der Waals surface area (Å²) in [6.45, 7) is -0.217. The number of ether oxygens (including phenoxy) is 3. The molecule has 1 aliphatic rings. The Balaban J connectivity index is 1.37. The number of fused-ring (bicyclic) bond motifs is 1. The van der Waals surface area contributed by atoms with Gasteiger partial charge in [-0.05, 0) is 30.3 Å². The Kier molecular flexibility index (Phi) is 4.94. The van der Waals surface area contributed by atoms with Crippen LogP contribution >= 0.6 is 11.3 Å². The number of anilines is 1. The Bertz CT molecular complexity index is 1030. The molecule has 4 rings (SSSR count). The number of nitrogens with zero attached hydrogens (tertiary/aromatic N) is 1. The largest absolute Gasteiger partial charge is 0.497 e. The van der Waals surface area contributed by atoms with Crippen LogP contribution in [0.3, 0.4) is 0 Å². The number of nitrogens with one attached hydrogen (secondary N) is 1. The number of aromatic nitrogens is 1. The minimum Gasteiger partial charge on any atom is -0.497 e. The highest BCUT2D eigenvalue weighted by Crippen LogP contribution is 2.35. The fourth-order valence-corrected chi connectivity index (χ4v) is 3.50. The fourth-order valence-electron chi connectivity index (χ4n) is 2.76. The van der Waals surface area contributed by atoms with Gasteiger partial charge in [-0.25, -0.2) is 4.98 Å². The highest BCUT2D eigenvalue weighted by Gasteiger charge is 2.24. The van der Waals surface area contributed by atoms with Gasteiger partial charge in [0, 0.05) is 16.5 Å². The molecule has 0 saturated heterocycles. The van der Waals surface area contributed by atoms with Crippen LogP contribution < -0.4 is 19.5 Å². The van der Waals surface area contributed by atoms with Gasteiger partial charge in [-0.15, -0.1) is 11.3 Å². The number of carbonyl (C=O) groups is 2. The third kappa shape index (κ3) is 3.81. The van der Waals surface area contributed by atoms with E-state index in [1.807, 2.05) is 29.6 Å². The summed E-state index contributed by atoms with van der Waals surface area (Å²) in [7, 11) is 1.61. The van der Waals surface area contributed by atoms with Gasteiger partial charge in [0.05, 0.1) is 19.2 Å². The molecule has 3 aromatic rings. The van der Waals surface area contributed by atoms with Crippen molar-refractivity contribution < 1.29 is 23.8 Å². The summed E-state index contributed by atoms with van der Waals surface area (Å²) in [6.07, 6.45) is 0.214. The molecule has 0 unspecified atom stereocenters. The standard InChI is InChI=1S/C20H16N2O5S/c1-25-14-7-5-12(6-8-14)15-11-28-20(21-15)22-17(23)10-26-16-4-2-3-13-9-18(24)27-19(13)16/h2-8,11H,9-10H2,1H3,(H,21,22,23). The van der Waals surface area contributed by atoms with Crippen molar-refractivity contribution in [1.82, 2.24) is 4.98 Å². The number of amides is 1. The molecule has 8 heteroatoms. The lowest BCUT2D eigenvalue weighted by Gasteiger charge is -2.09. The van der Waals surface area contributed by atoms with E-state index in [-0.39, 0.29) is 24.9 Å². The van der Waals surface area contributed by atoms with Crippen LogP contribution in [0.5, 0.6) is 17.2 Å². The molecule has 1 aromatic heterocycles. The lowest BCUT2D eigenvalue weighted by atomic mass is 10.1. The highest BCUT2D eigenvalue weighted by atomic mass is 32.1. The van der Waals surface area contributed by atoms with E-state index in [2.05, 4.69) is 10.3 Å². The molecule has 1 aliphatic heterocycles. The number of hydrogen-bond donors (Lipinski definition) is 1. The zero-order chi connectivity index (χ0) is 19.5. The molecular formula is C20H16N2O5S. The van der Waals surface area contributed by atoms with E-state index in [1.165, 1.54) is 11.3 Å². The molecule has 0 spiro atoms. The van der Waals surface area contributed by atoms with Crippen molar-refractivity contribution in [2.75, 3.05) is 19.0 Å². The van der Waals surface area contributed by atoms with E-state index >= 15 is 0 Å². The van der Waals surface area contributed by atoms with E-state index in [1.54, 1.807) is 25.3 Å². The molecule has 1 amide bonds. The Labute approximate surface area is 164 Å². The molecule has 142 valence electrons. The number of methoxy groups -OCH3 is 1. The molecule has 2 aromatic carbocycles. The molecule has 28 heavy (non-hydrogen) atoms. The van der Waals surface area contributed by atoms with Crippen LogP contribution in [-0.2, 0) is 16.0 Å². The van der Waals surface area contributed by atoms with Crippen molar-refractivity contribution in [3.05, 3.63) is 53.4 Å². The summed E-state index contributed by atoms with van der Waals surface area (Å²) in [6, 6.07) is 12.7. The van der Waals surface area contributed by atoms with E-state index in [4.69, 9.17) is 14.2 Å². The lowest BCUT2D eigenvalue weighted by molar-refractivity contribution is -0.131. The van der Waals surface area contributed by atoms with Gasteiger partial charge in [-0.3, -0.25) is 14.9 Å². The first-order valence-electron chi connectivity index (χ1n) is 8.47. The maximum Gasteiger partial charge on any atom is 0.315 e. The summed E-state index contributed by atoms with van der Waals surface area (Å²) in [5, 5.41) is 5.05. The maximum atomic E-state index is 12.2. The average Bonchev–Trinajstić information content (AvgIpc) is 3.32. The number of carbonyl (C=O) groups excluding carboxylic acids is 2. The van der Waals surface area contributed by atoms with Crippen molar-refractivity contribution >= 4 is 28.3 Å². The van der Waals surface area contributed by atoms with Gasteiger partial charge in [0.1, 0.15) is 5.75 Å². The number of para-hydroxylation sites is 1. The van der Waals surface area contributed by atoms with Crippen molar-refractivity contribution in [2.24, 2.45) is 0 Å². The summed E-state index contributed by atoms with van der Waals surface area (Å²) >= 11 is 1.33. The molecule has 1 N–H and O–H groups in total. The van der Waals surface area contributed by atoms with Crippen molar-refractivity contribution in [1.29, 1.82) is 0 Å². The first-order chi connectivity index (χ1) is 13.6. The first-order valence-corrected chi connectivity index (χ1v) is 9.35. The molecule has 0 bridgehead atoms. The second-order valence-corrected chi connectivity index (χ2v) is 6.86.